The predicted octanol–water partition coefficient (Wildman–Crippen LogP) is 2.48. The number of rotatable bonds is 1. The highest BCUT2D eigenvalue weighted by Gasteiger charge is 2.45. The fourth-order valence-electron chi connectivity index (χ4n) is 2.86. The molecule has 1 heterocycles. The summed E-state index contributed by atoms with van der Waals surface area (Å²) in [6, 6.07) is 7.68. The van der Waals surface area contributed by atoms with Crippen molar-refractivity contribution in [2.45, 2.75) is 37.4 Å². The molecule has 0 radical (unpaired) electrons. The standard InChI is InChI=1S/C13H15BrN2O/c14-10-6-2-1-5-9(10)11-12(17)16-13(15-11)7-3-4-8-13/h1-2,5-6,11,15H,3-4,7-8H2,(H,16,17). The summed E-state index contributed by atoms with van der Waals surface area (Å²) >= 11 is 3.51. The second-order valence-electron chi connectivity index (χ2n) is 4.88. The highest BCUT2D eigenvalue weighted by Crippen LogP contribution is 2.36. The van der Waals surface area contributed by atoms with Gasteiger partial charge < -0.3 is 5.32 Å². The third-order valence-corrected chi connectivity index (χ3v) is 4.44. The van der Waals surface area contributed by atoms with Crippen LogP contribution < -0.4 is 10.6 Å². The van der Waals surface area contributed by atoms with Gasteiger partial charge in [-0.15, -0.1) is 0 Å². The molecule has 1 amide bonds. The molecule has 1 saturated carbocycles. The van der Waals surface area contributed by atoms with Crippen LogP contribution in [-0.4, -0.2) is 11.6 Å². The van der Waals surface area contributed by atoms with Gasteiger partial charge in [0.15, 0.2) is 0 Å². The normalized spacial score (nSPS) is 26.4. The predicted molar refractivity (Wildman–Crippen MR) is 69.4 cm³/mol. The van der Waals surface area contributed by atoms with Gasteiger partial charge in [0.05, 0.1) is 5.66 Å². The number of benzene rings is 1. The summed E-state index contributed by atoms with van der Waals surface area (Å²) < 4.78 is 0.989. The van der Waals surface area contributed by atoms with Crippen LogP contribution in [0.4, 0.5) is 0 Å². The molecule has 1 aromatic rings. The maximum atomic E-state index is 12.1. The van der Waals surface area contributed by atoms with Crippen molar-refractivity contribution in [2.24, 2.45) is 0 Å². The largest absolute Gasteiger partial charge is 0.336 e. The Balaban J connectivity index is 1.90. The van der Waals surface area contributed by atoms with Crippen LogP contribution in [0.3, 0.4) is 0 Å². The number of carbonyl (C=O) groups excluding carboxylic acids is 1. The minimum atomic E-state index is -0.219. The molecule has 3 nitrogen and oxygen atoms in total. The van der Waals surface area contributed by atoms with Crippen molar-refractivity contribution in [3.05, 3.63) is 34.3 Å². The van der Waals surface area contributed by atoms with Crippen LogP contribution >= 0.6 is 15.9 Å². The summed E-state index contributed by atoms with van der Waals surface area (Å²) in [5, 5.41) is 6.62. The van der Waals surface area contributed by atoms with Crippen molar-refractivity contribution in [1.82, 2.24) is 10.6 Å². The van der Waals surface area contributed by atoms with Gasteiger partial charge in [0.25, 0.3) is 0 Å². The molecule has 2 fully saturated rings. The van der Waals surface area contributed by atoms with Crippen LogP contribution in [0.5, 0.6) is 0 Å². The van der Waals surface area contributed by atoms with Crippen molar-refractivity contribution >= 4 is 21.8 Å². The van der Waals surface area contributed by atoms with Gasteiger partial charge in [-0.05, 0) is 37.3 Å². The van der Waals surface area contributed by atoms with Gasteiger partial charge in [0, 0.05) is 4.47 Å². The van der Waals surface area contributed by atoms with Crippen LogP contribution in [0.2, 0.25) is 0 Å². The lowest BCUT2D eigenvalue weighted by Crippen LogP contribution is -2.46. The summed E-state index contributed by atoms with van der Waals surface area (Å²) in [6.45, 7) is 0. The van der Waals surface area contributed by atoms with Crippen molar-refractivity contribution in [3.8, 4) is 0 Å². The number of nitrogens with one attached hydrogen (secondary N) is 2. The topological polar surface area (TPSA) is 41.1 Å². The second-order valence-corrected chi connectivity index (χ2v) is 5.73. The first-order valence-electron chi connectivity index (χ1n) is 6.04. The fraction of sp³-hybridized carbons (Fsp3) is 0.462. The highest BCUT2D eigenvalue weighted by molar-refractivity contribution is 9.10. The zero-order valence-electron chi connectivity index (χ0n) is 9.50. The second kappa shape index (κ2) is 4.10. The molecule has 1 aliphatic carbocycles. The van der Waals surface area contributed by atoms with E-state index < -0.39 is 0 Å². The first kappa shape index (κ1) is 11.2. The molecular weight excluding hydrogens is 280 g/mol. The van der Waals surface area contributed by atoms with E-state index >= 15 is 0 Å². The molecule has 1 atom stereocenters. The Bertz CT molecular complexity index is 454. The van der Waals surface area contributed by atoms with E-state index in [1.807, 2.05) is 24.3 Å². The Labute approximate surface area is 109 Å². The number of halogens is 1. The van der Waals surface area contributed by atoms with Gasteiger partial charge in [0.2, 0.25) is 5.91 Å². The monoisotopic (exact) mass is 294 g/mol. The molecule has 2 aliphatic rings. The summed E-state index contributed by atoms with van der Waals surface area (Å²) in [5.41, 5.74) is 0.880. The molecule has 0 bridgehead atoms. The van der Waals surface area contributed by atoms with E-state index in [-0.39, 0.29) is 17.6 Å². The van der Waals surface area contributed by atoms with Crippen LogP contribution in [-0.2, 0) is 4.79 Å². The van der Waals surface area contributed by atoms with Crippen LogP contribution in [0.25, 0.3) is 0 Å². The molecule has 1 aliphatic heterocycles. The molecule has 1 aromatic carbocycles. The van der Waals surface area contributed by atoms with Crippen LogP contribution in [0.15, 0.2) is 28.7 Å². The van der Waals surface area contributed by atoms with Crippen LogP contribution in [0.1, 0.15) is 37.3 Å². The van der Waals surface area contributed by atoms with Gasteiger partial charge in [0.1, 0.15) is 6.04 Å². The average Bonchev–Trinajstić information content (AvgIpc) is 2.88. The lowest BCUT2D eigenvalue weighted by atomic mass is 10.1. The maximum Gasteiger partial charge on any atom is 0.243 e. The van der Waals surface area contributed by atoms with Gasteiger partial charge >= 0.3 is 0 Å². The van der Waals surface area contributed by atoms with E-state index in [0.29, 0.717) is 0 Å². The Morgan fingerprint density at radius 3 is 2.65 bits per heavy atom. The molecule has 1 spiro atoms. The Hall–Kier alpha value is -0.870. The molecule has 17 heavy (non-hydrogen) atoms. The third-order valence-electron chi connectivity index (χ3n) is 3.72. The molecule has 0 aromatic heterocycles. The smallest absolute Gasteiger partial charge is 0.243 e. The first-order valence-corrected chi connectivity index (χ1v) is 6.84. The van der Waals surface area contributed by atoms with Gasteiger partial charge in [-0.2, -0.15) is 0 Å². The third kappa shape index (κ3) is 1.89. The quantitative estimate of drug-likeness (QED) is 0.835. The first-order chi connectivity index (χ1) is 8.20. The summed E-state index contributed by atoms with van der Waals surface area (Å²) in [6.07, 6.45) is 4.46. The summed E-state index contributed by atoms with van der Waals surface area (Å²) in [4.78, 5) is 12.1. The number of amides is 1. The van der Waals surface area contributed by atoms with E-state index in [2.05, 4.69) is 26.6 Å². The molecular formula is C13H15BrN2O. The zero-order chi connectivity index (χ0) is 11.9. The van der Waals surface area contributed by atoms with Crippen molar-refractivity contribution in [3.63, 3.8) is 0 Å². The lowest BCUT2D eigenvalue weighted by molar-refractivity contribution is -0.121. The van der Waals surface area contributed by atoms with E-state index in [1.165, 1.54) is 12.8 Å². The average molecular weight is 295 g/mol. The minimum Gasteiger partial charge on any atom is -0.336 e. The van der Waals surface area contributed by atoms with Gasteiger partial charge in [-0.1, -0.05) is 34.1 Å². The van der Waals surface area contributed by atoms with Gasteiger partial charge in [-0.25, -0.2) is 0 Å². The Kier molecular flexibility index (Phi) is 2.71. The Morgan fingerprint density at radius 1 is 1.24 bits per heavy atom. The van der Waals surface area contributed by atoms with E-state index in [4.69, 9.17) is 0 Å². The van der Waals surface area contributed by atoms with E-state index in [0.717, 1.165) is 22.9 Å². The van der Waals surface area contributed by atoms with Crippen molar-refractivity contribution in [1.29, 1.82) is 0 Å². The summed E-state index contributed by atoms with van der Waals surface area (Å²) in [7, 11) is 0. The molecule has 90 valence electrons. The van der Waals surface area contributed by atoms with Crippen molar-refractivity contribution < 1.29 is 4.79 Å². The molecule has 1 saturated heterocycles. The highest BCUT2D eigenvalue weighted by atomic mass is 79.9. The van der Waals surface area contributed by atoms with Gasteiger partial charge in [-0.3, -0.25) is 10.1 Å². The zero-order valence-corrected chi connectivity index (χ0v) is 11.1. The fourth-order valence-corrected chi connectivity index (χ4v) is 3.38. The minimum absolute atomic E-state index is 0.0961. The molecule has 2 N–H and O–H groups in total. The number of carbonyl (C=O) groups is 1. The number of hydrogen-bond acceptors (Lipinski definition) is 2. The van der Waals surface area contributed by atoms with E-state index in [1.54, 1.807) is 0 Å². The Morgan fingerprint density at radius 2 is 1.94 bits per heavy atom. The molecule has 4 heteroatoms. The summed E-state index contributed by atoms with van der Waals surface area (Å²) in [5.74, 6) is 0.0961. The van der Waals surface area contributed by atoms with E-state index in [9.17, 15) is 4.79 Å². The SMILES string of the molecule is O=C1NC2(CCCC2)NC1c1ccccc1Br. The maximum absolute atomic E-state index is 12.1. The number of hydrogen-bond donors (Lipinski definition) is 2. The van der Waals surface area contributed by atoms with Crippen LogP contribution in [0, 0.1) is 0 Å². The van der Waals surface area contributed by atoms with Crippen molar-refractivity contribution in [2.75, 3.05) is 0 Å². The molecule has 3 rings (SSSR count). The molecule has 1 unspecified atom stereocenters. The lowest BCUT2D eigenvalue weighted by Gasteiger charge is -2.23.